The lowest BCUT2D eigenvalue weighted by Gasteiger charge is -2.05. The minimum absolute atomic E-state index is 0.0930. The van der Waals surface area contributed by atoms with E-state index in [-0.39, 0.29) is 5.56 Å². The zero-order valence-corrected chi connectivity index (χ0v) is 10.2. The fraction of sp³-hybridized carbons (Fsp3) is 0.250. The summed E-state index contributed by atoms with van der Waals surface area (Å²) in [6.45, 7) is 2.61. The van der Waals surface area contributed by atoms with Crippen LogP contribution < -0.4 is 5.56 Å². The van der Waals surface area contributed by atoms with Crippen molar-refractivity contribution in [3.8, 4) is 11.4 Å². The molecule has 17 heavy (non-hydrogen) atoms. The van der Waals surface area contributed by atoms with Gasteiger partial charge in [-0.05, 0) is 24.6 Å². The number of nitrogens with zero attached hydrogens (tertiary/aromatic N) is 3. The van der Waals surface area contributed by atoms with E-state index in [0.717, 1.165) is 6.42 Å². The lowest BCUT2D eigenvalue weighted by molar-refractivity contribution is 0.570. The van der Waals surface area contributed by atoms with Crippen molar-refractivity contribution in [2.45, 2.75) is 19.9 Å². The van der Waals surface area contributed by atoms with Gasteiger partial charge in [-0.1, -0.05) is 18.5 Å². The van der Waals surface area contributed by atoms with Gasteiger partial charge in [-0.15, -0.1) is 0 Å². The summed E-state index contributed by atoms with van der Waals surface area (Å²) in [4.78, 5) is 15.7. The Morgan fingerprint density at radius 2 is 2.00 bits per heavy atom. The van der Waals surface area contributed by atoms with Crippen LogP contribution in [0.5, 0.6) is 0 Å². The summed E-state index contributed by atoms with van der Waals surface area (Å²) in [6.07, 6.45) is 2.43. The molecule has 0 saturated carbocycles. The second-order valence-electron chi connectivity index (χ2n) is 3.64. The molecule has 0 bridgehead atoms. The highest BCUT2D eigenvalue weighted by atomic mass is 35.5. The van der Waals surface area contributed by atoms with E-state index in [1.165, 1.54) is 10.7 Å². The zero-order chi connectivity index (χ0) is 12.3. The van der Waals surface area contributed by atoms with Gasteiger partial charge >= 0.3 is 0 Å². The first-order valence-electron chi connectivity index (χ1n) is 5.41. The first kappa shape index (κ1) is 11.8. The molecule has 0 spiro atoms. The summed E-state index contributed by atoms with van der Waals surface area (Å²) in [7, 11) is 0. The molecular weight excluding hydrogens is 238 g/mol. The van der Waals surface area contributed by atoms with Crippen LogP contribution in [0.2, 0.25) is 5.02 Å². The lowest BCUT2D eigenvalue weighted by atomic mass is 10.2. The second kappa shape index (κ2) is 5.10. The molecule has 0 fully saturated rings. The molecule has 2 heterocycles. The molecule has 0 aliphatic carbocycles. The molecule has 2 aromatic heterocycles. The van der Waals surface area contributed by atoms with Gasteiger partial charge in [0.15, 0.2) is 0 Å². The molecule has 0 aliphatic rings. The predicted octanol–water partition coefficient (Wildman–Crippen LogP) is 2.37. The third-order valence-corrected chi connectivity index (χ3v) is 2.52. The third kappa shape index (κ3) is 2.71. The van der Waals surface area contributed by atoms with Gasteiger partial charge in [0.1, 0.15) is 5.69 Å². The van der Waals surface area contributed by atoms with Gasteiger partial charge in [-0.2, -0.15) is 5.10 Å². The molecule has 0 saturated heterocycles. The van der Waals surface area contributed by atoms with Crippen LogP contribution >= 0.6 is 11.6 Å². The van der Waals surface area contributed by atoms with Crippen LogP contribution in [0, 0.1) is 0 Å². The van der Waals surface area contributed by atoms with Crippen LogP contribution in [0.25, 0.3) is 11.4 Å². The van der Waals surface area contributed by atoms with E-state index in [4.69, 9.17) is 11.6 Å². The average Bonchev–Trinajstić information content (AvgIpc) is 2.33. The van der Waals surface area contributed by atoms with Gasteiger partial charge in [0.25, 0.3) is 5.56 Å². The predicted molar refractivity (Wildman–Crippen MR) is 67.0 cm³/mol. The van der Waals surface area contributed by atoms with Crippen LogP contribution in [-0.2, 0) is 6.54 Å². The highest BCUT2D eigenvalue weighted by molar-refractivity contribution is 6.30. The topological polar surface area (TPSA) is 47.8 Å². The molecule has 2 aromatic rings. The minimum Gasteiger partial charge on any atom is -0.268 e. The molecule has 0 radical (unpaired) electrons. The van der Waals surface area contributed by atoms with Crippen molar-refractivity contribution in [2.75, 3.05) is 0 Å². The Kier molecular flexibility index (Phi) is 3.54. The van der Waals surface area contributed by atoms with E-state index in [1.807, 2.05) is 6.92 Å². The second-order valence-corrected chi connectivity index (χ2v) is 4.08. The summed E-state index contributed by atoms with van der Waals surface area (Å²) in [5.74, 6) is 0. The van der Waals surface area contributed by atoms with Crippen molar-refractivity contribution in [3.63, 3.8) is 0 Å². The maximum absolute atomic E-state index is 11.5. The van der Waals surface area contributed by atoms with E-state index >= 15 is 0 Å². The zero-order valence-electron chi connectivity index (χ0n) is 9.43. The molecule has 0 N–H and O–H groups in total. The van der Waals surface area contributed by atoms with Crippen LogP contribution in [0.4, 0.5) is 0 Å². The molecule has 4 nitrogen and oxygen atoms in total. The van der Waals surface area contributed by atoms with Crippen molar-refractivity contribution in [1.29, 1.82) is 0 Å². The Bertz CT molecular complexity index is 563. The average molecular weight is 250 g/mol. The van der Waals surface area contributed by atoms with E-state index in [1.54, 1.807) is 24.4 Å². The molecule has 0 amide bonds. The Balaban J connectivity index is 2.42. The summed E-state index contributed by atoms with van der Waals surface area (Å²) in [6, 6.07) is 6.71. The van der Waals surface area contributed by atoms with Crippen molar-refractivity contribution in [2.24, 2.45) is 0 Å². The Hall–Kier alpha value is -1.68. The molecular formula is C12H12ClN3O. The van der Waals surface area contributed by atoms with Crippen LogP contribution in [-0.4, -0.2) is 14.8 Å². The van der Waals surface area contributed by atoms with Crippen molar-refractivity contribution >= 4 is 11.6 Å². The Labute approximate surface area is 104 Å². The Morgan fingerprint density at radius 1 is 1.24 bits per heavy atom. The van der Waals surface area contributed by atoms with Crippen LogP contribution in [0.15, 0.2) is 35.3 Å². The van der Waals surface area contributed by atoms with Gasteiger partial charge in [0.2, 0.25) is 0 Å². The highest BCUT2D eigenvalue weighted by Crippen LogP contribution is 2.14. The fourth-order valence-corrected chi connectivity index (χ4v) is 1.60. The maximum Gasteiger partial charge on any atom is 0.266 e. The molecule has 5 heteroatoms. The van der Waals surface area contributed by atoms with Crippen molar-refractivity contribution in [1.82, 2.24) is 14.8 Å². The molecule has 0 aromatic carbocycles. The monoisotopic (exact) mass is 249 g/mol. The number of pyridine rings is 1. The number of hydrogen-bond donors (Lipinski definition) is 0. The van der Waals surface area contributed by atoms with Gasteiger partial charge in [-0.3, -0.25) is 9.78 Å². The quantitative estimate of drug-likeness (QED) is 0.839. The Morgan fingerprint density at radius 3 is 2.65 bits per heavy atom. The highest BCUT2D eigenvalue weighted by Gasteiger charge is 2.03. The largest absolute Gasteiger partial charge is 0.268 e. The minimum atomic E-state index is -0.0930. The molecule has 0 atom stereocenters. The summed E-state index contributed by atoms with van der Waals surface area (Å²) >= 11 is 5.77. The molecule has 2 rings (SSSR count). The smallest absolute Gasteiger partial charge is 0.266 e. The standard InChI is InChI=1S/C12H12ClN3O/c1-2-7-16-12(17)6-5-11(15-16)10-4-3-9(13)8-14-10/h3-6,8H,2,7H2,1H3. The van der Waals surface area contributed by atoms with Gasteiger partial charge in [0, 0.05) is 18.8 Å². The first-order chi connectivity index (χ1) is 8.20. The molecule has 0 unspecified atom stereocenters. The maximum atomic E-state index is 11.5. The van der Waals surface area contributed by atoms with Crippen LogP contribution in [0.3, 0.4) is 0 Å². The van der Waals surface area contributed by atoms with Crippen LogP contribution in [0.1, 0.15) is 13.3 Å². The van der Waals surface area contributed by atoms with Gasteiger partial charge < -0.3 is 0 Å². The normalized spacial score (nSPS) is 10.5. The lowest BCUT2D eigenvalue weighted by Crippen LogP contribution is -2.22. The summed E-state index contributed by atoms with van der Waals surface area (Å²) in [5.41, 5.74) is 1.29. The number of aryl methyl sites for hydroxylation is 1. The van der Waals surface area contributed by atoms with E-state index in [9.17, 15) is 4.79 Å². The van der Waals surface area contributed by atoms with Gasteiger partial charge in [0.05, 0.1) is 10.7 Å². The summed E-state index contributed by atoms with van der Waals surface area (Å²) < 4.78 is 1.45. The van der Waals surface area contributed by atoms with Crippen molar-refractivity contribution in [3.05, 3.63) is 45.8 Å². The number of rotatable bonds is 3. The van der Waals surface area contributed by atoms with E-state index < -0.39 is 0 Å². The van der Waals surface area contributed by atoms with Crippen molar-refractivity contribution < 1.29 is 0 Å². The number of hydrogen-bond acceptors (Lipinski definition) is 3. The first-order valence-corrected chi connectivity index (χ1v) is 5.78. The van der Waals surface area contributed by atoms with E-state index in [2.05, 4.69) is 10.1 Å². The summed E-state index contributed by atoms with van der Waals surface area (Å²) in [5, 5.41) is 4.84. The SMILES string of the molecule is CCCn1nc(-c2ccc(Cl)cn2)ccc1=O. The van der Waals surface area contributed by atoms with Gasteiger partial charge in [-0.25, -0.2) is 4.68 Å². The fourth-order valence-electron chi connectivity index (χ4n) is 1.48. The number of halogens is 1. The molecule has 0 aliphatic heterocycles. The third-order valence-electron chi connectivity index (χ3n) is 2.29. The van der Waals surface area contributed by atoms with E-state index in [0.29, 0.717) is 23.0 Å². The molecule has 88 valence electrons. The number of aromatic nitrogens is 3.